The first-order valence-corrected chi connectivity index (χ1v) is 14.1. The summed E-state index contributed by atoms with van der Waals surface area (Å²) >= 11 is 0. The summed E-state index contributed by atoms with van der Waals surface area (Å²) in [6, 6.07) is 16.9. The highest BCUT2D eigenvalue weighted by Gasteiger charge is 2.34. The molecule has 0 saturated carbocycles. The van der Waals surface area contributed by atoms with Crippen molar-refractivity contribution in [1.82, 2.24) is 10.2 Å². The zero-order valence-corrected chi connectivity index (χ0v) is 23.0. The third kappa shape index (κ3) is 8.27. The van der Waals surface area contributed by atoms with E-state index in [1.807, 2.05) is 54.6 Å². The molecule has 39 heavy (non-hydrogen) atoms. The lowest BCUT2D eigenvalue weighted by Crippen LogP contribution is -2.43. The van der Waals surface area contributed by atoms with Crippen LogP contribution in [0.1, 0.15) is 55.8 Å². The molecular formula is C31H42N2O6. The van der Waals surface area contributed by atoms with Gasteiger partial charge in [0.25, 0.3) is 0 Å². The molecule has 5 atom stereocenters. The van der Waals surface area contributed by atoms with Crippen LogP contribution < -0.4 is 5.32 Å². The second kappa shape index (κ2) is 13.9. The van der Waals surface area contributed by atoms with Crippen LogP contribution in [-0.4, -0.2) is 71.7 Å². The van der Waals surface area contributed by atoms with Crippen molar-refractivity contribution in [1.29, 1.82) is 0 Å². The number of rotatable bonds is 12. The molecule has 2 aromatic carbocycles. The van der Waals surface area contributed by atoms with E-state index < -0.39 is 30.3 Å². The van der Waals surface area contributed by atoms with Gasteiger partial charge >= 0.3 is 6.09 Å². The summed E-state index contributed by atoms with van der Waals surface area (Å²) in [5, 5.41) is 24.9. The minimum atomic E-state index is -0.926. The Morgan fingerprint density at radius 2 is 1.87 bits per heavy atom. The molecule has 1 heterocycles. The van der Waals surface area contributed by atoms with Gasteiger partial charge in [-0.1, -0.05) is 68.4 Å². The first kappa shape index (κ1) is 29.1. The number of nitrogens with one attached hydrogen (secondary N) is 1. The number of aliphatic hydroxyl groups excluding tert-OH is 2. The first-order chi connectivity index (χ1) is 18.8. The van der Waals surface area contributed by atoms with Gasteiger partial charge in [0.05, 0.1) is 31.5 Å². The highest BCUT2D eigenvalue weighted by molar-refractivity contribution is 5.80. The van der Waals surface area contributed by atoms with E-state index in [-0.39, 0.29) is 25.0 Å². The SMILES string of the molecule is CC(C)CCN(C[C@@H](O)C[C@@H](Cc1ccccc1)C(=O)N[C@H]1c2ccccc2C[C@H]1O)C(=O)O[C@H]1CCOC1. The minimum absolute atomic E-state index is 0.0760. The van der Waals surface area contributed by atoms with Crippen LogP contribution in [0.3, 0.4) is 0 Å². The number of carbonyl (C=O) groups is 2. The molecule has 1 aliphatic heterocycles. The van der Waals surface area contributed by atoms with Crippen molar-refractivity contribution >= 4 is 12.0 Å². The van der Waals surface area contributed by atoms with Crippen LogP contribution >= 0.6 is 0 Å². The average molecular weight is 539 g/mol. The number of aliphatic hydroxyl groups is 2. The number of carbonyl (C=O) groups excluding carboxylic acids is 2. The van der Waals surface area contributed by atoms with E-state index in [1.54, 1.807) is 4.90 Å². The summed E-state index contributed by atoms with van der Waals surface area (Å²) < 4.78 is 11.0. The third-order valence-electron chi connectivity index (χ3n) is 7.58. The van der Waals surface area contributed by atoms with Gasteiger partial charge in [-0.15, -0.1) is 0 Å². The quantitative estimate of drug-likeness (QED) is 0.381. The van der Waals surface area contributed by atoms with Gasteiger partial charge in [-0.2, -0.15) is 0 Å². The number of amides is 2. The normalized spacial score (nSPS) is 21.8. The predicted octanol–water partition coefficient (Wildman–Crippen LogP) is 3.64. The minimum Gasteiger partial charge on any atom is -0.444 e. The molecule has 0 unspecified atom stereocenters. The maximum Gasteiger partial charge on any atom is 0.410 e. The lowest BCUT2D eigenvalue weighted by Gasteiger charge is -2.29. The fourth-order valence-corrected chi connectivity index (χ4v) is 5.35. The topological polar surface area (TPSA) is 108 Å². The number of benzene rings is 2. The molecule has 8 heteroatoms. The van der Waals surface area contributed by atoms with Gasteiger partial charge in [0.15, 0.2) is 0 Å². The van der Waals surface area contributed by atoms with Crippen molar-refractivity contribution in [2.75, 3.05) is 26.3 Å². The number of ether oxygens (including phenoxy) is 2. The Kier molecular flexibility index (Phi) is 10.4. The van der Waals surface area contributed by atoms with Gasteiger partial charge in [0.1, 0.15) is 6.10 Å². The van der Waals surface area contributed by atoms with E-state index in [4.69, 9.17) is 9.47 Å². The summed E-state index contributed by atoms with van der Waals surface area (Å²) in [5.41, 5.74) is 2.94. The Morgan fingerprint density at radius 3 is 2.59 bits per heavy atom. The molecule has 2 aromatic rings. The van der Waals surface area contributed by atoms with Gasteiger partial charge in [0, 0.05) is 31.8 Å². The van der Waals surface area contributed by atoms with Crippen molar-refractivity contribution in [2.24, 2.45) is 11.8 Å². The largest absolute Gasteiger partial charge is 0.444 e. The Balaban J connectivity index is 1.45. The standard InChI is InChI=1S/C31H42N2O6/c1-21(2)12-14-33(31(37)39-26-13-15-38-20-26)19-25(34)17-24(16-22-8-4-3-5-9-22)30(36)32-29-27-11-7-6-10-23(27)18-28(29)35/h3-11,21,24-26,28-29,34-35H,12-20H2,1-2H3,(H,32,36)/t24-,25+,26+,28-,29+/m1/s1. The van der Waals surface area contributed by atoms with E-state index in [0.29, 0.717) is 44.9 Å². The van der Waals surface area contributed by atoms with Crippen LogP contribution in [0, 0.1) is 11.8 Å². The summed E-state index contributed by atoms with van der Waals surface area (Å²) in [6.07, 6.45) is 0.185. The van der Waals surface area contributed by atoms with Crippen molar-refractivity contribution in [3.8, 4) is 0 Å². The molecule has 212 valence electrons. The maximum atomic E-state index is 13.6. The van der Waals surface area contributed by atoms with Crippen LogP contribution in [-0.2, 0) is 27.1 Å². The molecule has 2 amide bonds. The number of hydrogen-bond donors (Lipinski definition) is 3. The van der Waals surface area contributed by atoms with E-state index >= 15 is 0 Å². The first-order valence-electron chi connectivity index (χ1n) is 14.1. The second-order valence-electron chi connectivity index (χ2n) is 11.2. The second-order valence-corrected chi connectivity index (χ2v) is 11.2. The highest BCUT2D eigenvalue weighted by Crippen LogP contribution is 2.32. The Labute approximate surface area is 231 Å². The van der Waals surface area contributed by atoms with Crippen molar-refractivity contribution in [2.45, 2.75) is 70.3 Å². The third-order valence-corrected chi connectivity index (χ3v) is 7.58. The van der Waals surface area contributed by atoms with Gasteiger partial charge in [-0.3, -0.25) is 4.79 Å². The van der Waals surface area contributed by atoms with Crippen LogP contribution in [0.15, 0.2) is 54.6 Å². The molecule has 1 fully saturated rings. The molecule has 8 nitrogen and oxygen atoms in total. The molecule has 0 aromatic heterocycles. The molecule has 0 spiro atoms. The van der Waals surface area contributed by atoms with E-state index in [9.17, 15) is 19.8 Å². The van der Waals surface area contributed by atoms with E-state index in [2.05, 4.69) is 19.2 Å². The molecule has 0 bridgehead atoms. The zero-order valence-electron chi connectivity index (χ0n) is 23.0. The van der Waals surface area contributed by atoms with E-state index in [0.717, 1.165) is 23.1 Å². The Morgan fingerprint density at radius 1 is 1.13 bits per heavy atom. The zero-order chi connectivity index (χ0) is 27.8. The fraction of sp³-hybridized carbons (Fsp3) is 0.548. The van der Waals surface area contributed by atoms with E-state index in [1.165, 1.54) is 0 Å². The van der Waals surface area contributed by atoms with Gasteiger partial charge in [-0.25, -0.2) is 4.79 Å². The molecule has 2 aliphatic rings. The Hall–Kier alpha value is -2.94. The lowest BCUT2D eigenvalue weighted by molar-refractivity contribution is -0.127. The van der Waals surface area contributed by atoms with Gasteiger partial charge in [-0.05, 0) is 41.9 Å². The molecule has 3 N–H and O–H groups in total. The van der Waals surface area contributed by atoms with Crippen LogP contribution in [0.4, 0.5) is 4.79 Å². The number of nitrogens with zero attached hydrogens (tertiary/aromatic N) is 1. The Bertz CT molecular complexity index is 1070. The fourth-order valence-electron chi connectivity index (χ4n) is 5.35. The van der Waals surface area contributed by atoms with Crippen LogP contribution in [0.25, 0.3) is 0 Å². The molecule has 0 radical (unpaired) electrons. The molecule has 1 saturated heterocycles. The molecular weight excluding hydrogens is 496 g/mol. The summed E-state index contributed by atoms with van der Waals surface area (Å²) in [6.45, 7) is 5.67. The smallest absolute Gasteiger partial charge is 0.410 e. The number of hydrogen-bond acceptors (Lipinski definition) is 6. The summed E-state index contributed by atoms with van der Waals surface area (Å²) in [5.74, 6) is -0.392. The van der Waals surface area contributed by atoms with Gasteiger partial charge < -0.3 is 29.9 Å². The van der Waals surface area contributed by atoms with Crippen molar-refractivity contribution in [3.63, 3.8) is 0 Å². The lowest BCUT2D eigenvalue weighted by atomic mass is 9.92. The summed E-state index contributed by atoms with van der Waals surface area (Å²) in [4.78, 5) is 28.1. The predicted molar refractivity (Wildman–Crippen MR) is 148 cm³/mol. The molecule has 4 rings (SSSR count). The summed E-state index contributed by atoms with van der Waals surface area (Å²) in [7, 11) is 0. The van der Waals surface area contributed by atoms with Crippen LogP contribution in [0.5, 0.6) is 0 Å². The maximum absolute atomic E-state index is 13.6. The highest BCUT2D eigenvalue weighted by atomic mass is 16.6. The van der Waals surface area contributed by atoms with Gasteiger partial charge in [0.2, 0.25) is 5.91 Å². The number of fused-ring (bicyclic) bond motifs is 1. The molecule has 1 aliphatic carbocycles. The van der Waals surface area contributed by atoms with Crippen molar-refractivity contribution < 1.29 is 29.3 Å². The monoisotopic (exact) mass is 538 g/mol. The van der Waals surface area contributed by atoms with Crippen molar-refractivity contribution in [3.05, 3.63) is 71.3 Å². The average Bonchev–Trinajstić information content (AvgIpc) is 3.54. The van der Waals surface area contributed by atoms with Crippen LogP contribution in [0.2, 0.25) is 0 Å².